The van der Waals surface area contributed by atoms with Gasteiger partial charge in [0.15, 0.2) is 5.96 Å². The van der Waals surface area contributed by atoms with Gasteiger partial charge in [-0.25, -0.2) is 0 Å². The molecule has 0 bridgehead atoms. The van der Waals surface area contributed by atoms with E-state index in [-0.39, 0.29) is 30.0 Å². The van der Waals surface area contributed by atoms with Gasteiger partial charge in [0, 0.05) is 45.1 Å². The van der Waals surface area contributed by atoms with Crippen molar-refractivity contribution >= 4 is 29.9 Å². The van der Waals surface area contributed by atoms with E-state index in [0.29, 0.717) is 5.92 Å². The van der Waals surface area contributed by atoms with Crippen LogP contribution in [0.15, 0.2) is 23.2 Å². The van der Waals surface area contributed by atoms with Crippen molar-refractivity contribution in [2.24, 2.45) is 10.9 Å². The van der Waals surface area contributed by atoms with Gasteiger partial charge < -0.3 is 24.8 Å². The molecule has 1 atom stereocenters. The summed E-state index contributed by atoms with van der Waals surface area (Å²) < 4.78 is 16.7. The minimum absolute atomic E-state index is 0. The molecule has 0 spiro atoms. The van der Waals surface area contributed by atoms with Crippen LogP contribution in [0.3, 0.4) is 0 Å². The molecule has 29 heavy (non-hydrogen) atoms. The van der Waals surface area contributed by atoms with Crippen LogP contribution in [0, 0.1) is 12.8 Å². The summed E-state index contributed by atoms with van der Waals surface area (Å²) in [6, 6.07) is 6.33. The molecular formula is C22H38IN3O3. The number of nitrogens with zero attached hydrogens (tertiary/aromatic N) is 1. The molecular weight excluding hydrogens is 481 g/mol. The second-order valence-electron chi connectivity index (χ2n) is 7.36. The van der Waals surface area contributed by atoms with E-state index in [1.165, 1.54) is 5.56 Å². The highest BCUT2D eigenvalue weighted by Gasteiger charge is 2.14. The average molecular weight is 519 g/mol. The summed E-state index contributed by atoms with van der Waals surface area (Å²) in [6.45, 7) is 11.2. The number of methoxy groups -OCH3 is 1. The van der Waals surface area contributed by atoms with Crippen molar-refractivity contribution in [2.75, 3.05) is 46.6 Å². The van der Waals surface area contributed by atoms with E-state index < -0.39 is 0 Å². The first-order valence-corrected chi connectivity index (χ1v) is 10.5. The van der Waals surface area contributed by atoms with E-state index in [0.717, 1.165) is 76.1 Å². The summed E-state index contributed by atoms with van der Waals surface area (Å²) in [5, 5.41) is 6.80. The summed E-state index contributed by atoms with van der Waals surface area (Å²) in [7, 11) is 1.71. The van der Waals surface area contributed by atoms with Crippen molar-refractivity contribution in [1.82, 2.24) is 10.6 Å². The lowest BCUT2D eigenvalue weighted by molar-refractivity contribution is 0.0205. The van der Waals surface area contributed by atoms with E-state index in [2.05, 4.69) is 43.5 Å². The van der Waals surface area contributed by atoms with Crippen LogP contribution in [-0.2, 0) is 9.47 Å². The van der Waals surface area contributed by atoms with Gasteiger partial charge in [-0.2, -0.15) is 0 Å². The first-order chi connectivity index (χ1) is 13.6. The minimum atomic E-state index is 0. The predicted molar refractivity (Wildman–Crippen MR) is 130 cm³/mol. The van der Waals surface area contributed by atoms with E-state index >= 15 is 0 Å². The van der Waals surface area contributed by atoms with E-state index in [1.54, 1.807) is 7.11 Å². The summed E-state index contributed by atoms with van der Waals surface area (Å²) in [4.78, 5) is 4.69. The molecule has 166 valence electrons. The van der Waals surface area contributed by atoms with Crippen LogP contribution in [0.5, 0.6) is 5.75 Å². The molecule has 0 aliphatic carbocycles. The third kappa shape index (κ3) is 9.53. The summed E-state index contributed by atoms with van der Waals surface area (Å²) in [5.41, 5.74) is 2.35. The zero-order chi connectivity index (χ0) is 20.2. The van der Waals surface area contributed by atoms with Crippen LogP contribution in [0.4, 0.5) is 0 Å². The Morgan fingerprint density at radius 2 is 2.07 bits per heavy atom. The lowest BCUT2D eigenvalue weighted by atomic mass is 10.0. The van der Waals surface area contributed by atoms with E-state index in [9.17, 15) is 0 Å². The topological polar surface area (TPSA) is 64.1 Å². The third-order valence-corrected chi connectivity index (χ3v) is 4.96. The number of hydrogen-bond donors (Lipinski definition) is 2. The van der Waals surface area contributed by atoms with Crippen molar-refractivity contribution in [1.29, 1.82) is 0 Å². The predicted octanol–water partition coefficient (Wildman–Crippen LogP) is 4.07. The number of halogens is 1. The second-order valence-corrected chi connectivity index (χ2v) is 7.36. The minimum Gasteiger partial charge on any atom is -0.496 e. The Hall–Kier alpha value is -1.06. The number of nitrogens with one attached hydrogen (secondary N) is 2. The fourth-order valence-corrected chi connectivity index (χ4v) is 3.32. The smallest absolute Gasteiger partial charge is 0.191 e. The molecule has 0 saturated carbocycles. The number of ether oxygens (including phenoxy) is 3. The zero-order valence-corrected chi connectivity index (χ0v) is 20.7. The fourth-order valence-electron chi connectivity index (χ4n) is 3.32. The highest BCUT2D eigenvalue weighted by molar-refractivity contribution is 14.0. The molecule has 1 saturated heterocycles. The Morgan fingerprint density at radius 1 is 1.31 bits per heavy atom. The Balaban J connectivity index is 0.00000420. The Labute approximate surface area is 193 Å². The van der Waals surface area contributed by atoms with Gasteiger partial charge in [0.2, 0.25) is 0 Å². The molecule has 1 unspecified atom stereocenters. The highest BCUT2D eigenvalue weighted by atomic mass is 127. The second kappa shape index (κ2) is 14.8. The number of benzene rings is 1. The molecule has 1 fully saturated rings. The maximum atomic E-state index is 5.83. The Bertz CT molecular complexity index is 607. The van der Waals surface area contributed by atoms with Crippen molar-refractivity contribution in [3.63, 3.8) is 0 Å². The SMILES string of the molecule is CCNC(=NCCCOCC1CCOCC1)NC(C)c1cc(C)ccc1OC.I. The maximum absolute atomic E-state index is 5.83. The summed E-state index contributed by atoms with van der Waals surface area (Å²) in [5.74, 6) is 2.37. The molecule has 7 heteroatoms. The van der Waals surface area contributed by atoms with Crippen LogP contribution in [-0.4, -0.2) is 52.6 Å². The molecule has 2 rings (SSSR count). The van der Waals surface area contributed by atoms with Gasteiger partial charge in [0.25, 0.3) is 0 Å². The standard InChI is InChI=1S/C22H37N3O3.HI/c1-5-23-22(24-11-6-12-28-16-19-9-13-27-14-10-19)25-18(3)20-15-17(2)7-8-21(20)26-4;/h7-8,15,18-19H,5-6,9-14,16H2,1-4H3,(H2,23,24,25);1H. The van der Waals surface area contributed by atoms with Crippen molar-refractivity contribution < 1.29 is 14.2 Å². The van der Waals surface area contributed by atoms with Crippen molar-refractivity contribution in [2.45, 2.75) is 46.1 Å². The number of aliphatic imine (C=N–C) groups is 1. The maximum Gasteiger partial charge on any atom is 0.191 e. The average Bonchev–Trinajstić information content (AvgIpc) is 2.71. The van der Waals surface area contributed by atoms with Gasteiger partial charge in [-0.1, -0.05) is 17.7 Å². The van der Waals surface area contributed by atoms with Gasteiger partial charge in [-0.3, -0.25) is 4.99 Å². The van der Waals surface area contributed by atoms with Crippen LogP contribution >= 0.6 is 24.0 Å². The molecule has 1 aliphatic heterocycles. The van der Waals surface area contributed by atoms with Gasteiger partial charge in [-0.05, 0) is 52.0 Å². The van der Waals surface area contributed by atoms with Crippen LogP contribution < -0.4 is 15.4 Å². The Morgan fingerprint density at radius 3 is 2.76 bits per heavy atom. The zero-order valence-electron chi connectivity index (χ0n) is 18.3. The van der Waals surface area contributed by atoms with Gasteiger partial charge in [-0.15, -0.1) is 24.0 Å². The van der Waals surface area contributed by atoms with Crippen LogP contribution in [0.25, 0.3) is 0 Å². The number of hydrogen-bond acceptors (Lipinski definition) is 4. The quantitative estimate of drug-likeness (QED) is 0.211. The lowest BCUT2D eigenvalue weighted by Crippen LogP contribution is -2.39. The molecule has 0 aromatic heterocycles. The first-order valence-electron chi connectivity index (χ1n) is 10.5. The first kappa shape index (κ1) is 26.0. The van der Waals surface area contributed by atoms with E-state index in [1.807, 2.05) is 6.07 Å². The summed E-state index contributed by atoms with van der Waals surface area (Å²) >= 11 is 0. The largest absolute Gasteiger partial charge is 0.496 e. The van der Waals surface area contributed by atoms with Gasteiger partial charge in [0.1, 0.15) is 5.75 Å². The molecule has 1 heterocycles. The van der Waals surface area contributed by atoms with Gasteiger partial charge >= 0.3 is 0 Å². The van der Waals surface area contributed by atoms with Crippen LogP contribution in [0.1, 0.15) is 50.3 Å². The highest BCUT2D eigenvalue weighted by Crippen LogP contribution is 2.25. The molecule has 1 aromatic rings. The normalized spacial score (nSPS) is 16.1. The third-order valence-electron chi connectivity index (χ3n) is 4.96. The molecule has 6 nitrogen and oxygen atoms in total. The molecule has 0 amide bonds. The number of rotatable bonds is 10. The monoisotopic (exact) mass is 519 g/mol. The Kier molecular flexibility index (Phi) is 13.3. The van der Waals surface area contributed by atoms with Gasteiger partial charge in [0.05, 0.1) is 13.2 Å². The molecule has 1 aliphatic rings. The number of aryl methyl sites for hydroxylation is 1. The van der Waals surface area contributed by atoms with Crippen LogP contribution in [0.2, 0.25) is 0 Å². The van der Waals surface area contributed by atoms with Crippen molar-refractivity contribution in [3.05, 3.63) is 29.3 Å². The molecule has 1 aromatic carbocycles. The van der Waals surface area contributed by atoms with Crippen molar-refractivity contribution in [3.8, 4) is 5.75 Å². The fraction of sp³-hybridized carbons (Fsp3) is 0.682. The molecule has 2 N–H and O–H groups in total. The number of guanidine groups is 1. The lowest BCUT2D eigenvalue weighted by Gasteiger charge is -2.21. The molecule has 0 radical (unpaired) electrons. The summed E-state index contributed by atoms with van der Waals surface area (Å²) in [6.07, 6.45) is 3.15. The van der Waals surface area contributed by atoms with E-state index in [4.69, 9.17) is 19.2 Å².